The van der Waals surface area contributed by atoms with E-state index in [1.54, 1.807) is 6.92 Å². The number of alkyl halides is 3. The predicted molar refractivity (Wildman–Crippen MR) is 103 cm³/mol. The van der Waals surface area contributed by atoms with Crippen LogP contribution in [-0.4, -0.2) is 29.7 Å². The summed E-state index contributed by atoms with van der Waals surface area (Å²) in [5, 5.41) is 16.6. The first-order valence-corrected chi connectivity index (χ1v) is 9.51. The highest BCUT2D eigenvalue weighted by Gasteiger charge is 2.32. The third-order valence-electron chi connectivity index (χ3n) is 4.12. The number of anilines is 1. The standard InChI is InChI=1S/C17H10ClF3N8S/c1-8(15-26-7-27-29(15)16-23-5-10(4-22)30-16)28-14-11-2-9(17(19,20)21)3-12(18)13(11)24-6-25-14/h2-3,5-8H,1H3,(H,24,25,28)/t8-/m0/s1. The second-order valence-electron chi connectivity index (χ2n) is 6.09. The summed E-state index contributed by atoms with van der Waals surface area (Å²) in [4.78, 5) is 16.8. The number of nitrogens with one attached hydrogen (secondary N) is 1. The topological polar surface area (TPSA) is 105 Å². The molecule has 0 saturated carbocycles. The Balaban J connectivity index is 1.73. The van der Waals surface area contributed by atoms with E-state index in [4.69, 9.17) is 16.9 Å². The maximum Gasteiger partial charge on any atom is 0.416 e. The molecule has 0 saturated heterocycles. The van der Waals surface area contributed by atoms with Gasteiger partial charge in [0.25, 0.3) is 0 Å². The summed E-state index contributed by atoms with van der Waals surface area (Å²) in [5.41, 5.74) is -0.713. The molecule has 1 aromatic carbocycles. The molecular formula is C17H10ClF3N8S. The number of nitrogens with zero attached hydrogens (tertiary/aromatic N) is 7. The Bertz CT molecular complexity index is 1280. The summed E-state index contributed by atoms with van der Waals surface area (Å²) in [7, 11) is 0. The third-order valence-corrected chi connectivity index (χ3v) is 5.28. The van der Waals surface area contributed by atoms with E-state index < -0.39 is 17.8 Å². The van der Waals surface area contributed by atoms with E-state index in [-0.39, 0.29) is 21.7 Å². The van der Waals surface area contributed by atoms with Crippen molar-refractivity contribution in [1.82, 2.24) is 29.7 Å². The van der Waals surface area contributed by atoms with Crippen molar-refractivity contribution >= 4 is 39.7 Å². The molecule has 4 rings (SSSR count). The molecule has 0 aliphatic carbocycles. The number of halogens is 4. The molecule has 1 atom stereocenters. The minimum Gasteiger partial charge on any atom is -0.360 e. The van der Waals surface area contributed by atoms with Gasteiger partial charge in [-0.3, -0.25) is 0 Å². The number of nitriles is 1. The van der Waals surface area contributed by atoms with Crippen molar-refractivity contribution in [3.8, 4) is 11.2 Å². The average Bonchev–Trinajstić information content (AvgIpc) is 3.36. The van der Waals surface area contributed by atoms with Crippen molar-refractivity contribution in [2.45, 2.75) is 19.1 Å². The summed E-state index contributed by atoms with van der Waals surface area (Å²) in [5.74, 6) is 0.588. The molecule has 3 heterocycles. The number of rotatable bonds is 4. The fourth-order valence-electron chi connectivity index (χ4n) is 2.78. The first kappa shape index (κ1) is 20.0. The van der Waals surface area contributed by atoms with Crippen LogP contribution in [0.1, 0.15) is 29.2 Å². The maximum absolute atomic E-state index is 13.2. The highest BCUT2D eigenvalue weighted by molar-refractivity contribution is 7.14. The van der Waals surface area contributed by atoms with E-state index in [9.17, 15) is 13.2 Å². The summed E-state index contributed by atoms with van der Waals surface area (Å²) < 4.78 is 41.1. The predicted octanol–water partition coefficient (Wildman–Crippen LogP) is 4.38. The normalized spacial score (nSPS) is 12.7. The third kappa shape index (κ3) is 3.64. The number of aromatic nitrogens is 6. The van der Waals surface area contributed by atoms with E-state index in [0.29, 0.717) is 15.8 Å². The van der Waals surface area contributed by atoms with Crippen LogP contribution in [0.25, 0.3) is 16.0 Å². The average molecular weight is 451 g/mol. The zero-order chi connectivity index (χ0) is 21.5. The molecule has 152 valence electrons. The zero-order valence-corrected chi connectivity index (χ0v) is 16.6. The molecule has 1 N–H and O–H groups in total. The van der Waals surface area contributed by atoms with Gasteiger partial charge < -0.3 is 5.32 Å². The van der Waals surface area contributed by atoms with Crippen molar-refractivity contribution < 1.29 is 13.2 Å². The van der Waals surface area contributed by atoms with Gasteiger partial charge in [-0.15, -0.1) is 0 Å². The van der Waals surface area contributed by atoms with Gasteiger partial charge >= 0.3 is 6.18 Å². The fraction of sp³-hybridized carbons (Fsp3) is 0.176. The Kier molecular flexibility index (Phi) is 5.00. The second-order valence-corrected chi connectivity index (χ2v) is 7.51. The van der Waals surface area contributed by atoms with Gasteiger partial charge in [0.2, 0.25) is 5.13 Å². The quantitative estimate of drug-likeness (QED) is 0.491. The lowest BCUT2D eigenvalue weighted by Gasteiger charge is -2.16. The number of fused-ring (bicyclic) bond motifs is 1. The second kappa shape index (κ2) is 7.51. The lowest BCUT2D eigenvalue weighted by Crippen LogP contribution is -2.15. The largest absolute Gasteiger partial charge is 0.416 e. The van der Waals surface area contributed by atoms with Crippen LogP contribution in [0.5, 0.6) is 0 Å². The van der Waals surface area contributed by atoms with Crippen LogP contribution in [-0.2, 0) is 6.18 Å². The summed E-state index contributed by atoms with van der Waals surface area (Å²) in [6, 6.07) is 3.25. The number of hydrogen-bond donors (Lipinski definition) is 1. The number of benzene rings is 1. The molecule has 8 nitrogen and oxygen atoms in total. The van der Waals surface area contributed by atoms with E-state index >= 15 is 0 Å². The highest BCUT2D eigenvalue weighted by atomic mass is 35.5. The molecule has 0 unspecified atom stereocenters. The maximum atomic E-state index is 13.2. The Morgan fingerprint density at radius 2 is 2.00 bits per heavy atom. The van der Waals surface area contributed by atoms with Gasteiger partial charge in [0.05, 0.1) is 28.3 Å². The van der Waals surface area contributed by atoms with Gasteiger partial charge in [-0.1, -0.05) is 22.9 Å². The first-order valence-electron chi connectivity index (χ1n) is 8.32. The SMILES string of the molecule is C[C@H](Nc1ncnc2c(Cl)cc(C(F)(F)F)cc12)c1ncnn1-c1ncc(C#N)s1. The van der Waals surface area contributed by atoms with E-state index in [2.05, 4.69) is 30.4 Å². The molecule has 0 bridgehead atoms. The minimum absolute atomic E-state index is 0.122. The number of thiazole rings is 1. The van der Waals surface area contributed by atoms with E-state index in [1.165, 1.54) is 23.5 Å². The monoisotopic (exact) mass is 450 g/mol. The molecular weight excluding hydrogens is 441 g/mol. The summed E-state index contributed by atoms with van der Waals surface area (Å²) in [6.07, 6.45) is -0.624. The van der Waals surface area contributed by atoms with Crippen molar-refractivity contribution in [1.29, 1.82) is 5.26 Å². The van der Waals surface area contributed by atoms with Gasteiger partial charge in [-0.2, -0.15) is 28.2 Å². The number of hydrogen-bond acceptors (Lipinski definition) is 8. The van der Waals surface area contributed by atoms with Crippen LogP contribution in [0.3, 0.4) is 0 Å². The Labute approximate surface area is 176 Å². The minimum atomic E-state index is -4.57. The smallest absolute Gasteiger partial charge is 0.360 e. The van der Waals surface area contributed by atoms with Crippen molar-refractivity contribution in [2.24, 2.45) is 0 Å². The van der Waals surface area contributed by atoms with Crippen LogP contribution in [0, 0.1) is 11.3 Å². The van der Waals surface area contributed by atoms with Gasteiger partial charge in [-0.05, 0) is 19.1 Å². The molecule has 30 heavy (non-hydrogen) atoms. The fourth-order valence-corrected chi connectivity index (χ4v) is 3.73. The molecule has 13 heteroatoms. The highest BCUT2D eigenvalue weighted by Crippen LogP contribution is 2.36. The molecule has 0 spiro atoms. The first-order chi connectivity index (χ1) is 14.3. The molecule has 0 amide bonds. The van der Waals surface area contributed by atoms with Crippen molar-refractivity contribution in [3.63, 3.8) is 0 Å². The Hall–Kier alpha value is -3.30. The lowest BCUT2D eigenvalue weighted by atomic mass is 10.1. The van der Waals surface area contributed by atoms with Crippen LogP contribution < -0.4 is 5.32 Å². The Morgan fingerprint density at radius 1 is 1.20 bits per heavy atom. The Morgan fingerprint density at radius 3 is 2.70 bits per heavy atom. The van der Waals surface area contributed by atoms with Crippen molar-refractivity contribution in [3.05, 3.63) is 52.3 Å². The van der Waals surface area contributed by atoms with Crippen molar-refractivity contribution in [2.75, 3.05) is 5.32 Å². The zero-order valence-electron chi connectivity index (χ0n) is 15.0. The van der Waals surface area contributed by atoms with Crippen LogP contribution in [0.15, 0.2) is 31.0 Å². The molecule has 3 aromatic heterocycles. The molecule has 0 aliphatic rings. The summed E-state index contributed by atoms with van der Waals surface area (Å²) >= 11 is 7.15. The molecule has 0 radical (unpaired) electrons. The lowest BCUT2D eigenvalue weighted by molar-refractivity contribution is -0.137. The van der Waals surface area contributed by atoms with Crippen LogP contribution in [0.4, 0.5) is 19.0 Å². The van der Waals surface area contributed by atoms with Crippen LogP contribution >= 0.6 is 22.9 Å². The van der Waals surface area contributed by atoms with Gasteiger partial charge in [0.1, 0.15) is 29.4 Å². The van der Waals surface area contributed by atoms with E-state index in [0.717, 1.165) is 23.5 Å². The van der Waals surface area contributed by atoms with Gasteiger partial charge in [0.15, 0.2) is 5.82 Å². The molecule has 0 fully saturated rings. The van der Waals surface area contributed by atoms with Gasteiger partial charge in [-0.25, -0.2) is 19.9 Å². The van der Waals surface area contributed by atoms with Crippen LogP contribution in [0.2, 0.25) is 5.02 Å². The molecule has 4 aromatic rings. The summed E-state index contributed by atoms with van der Waals surface area (Å²) in [6.45, 7) is 1.74. The van der Waals surface area contributed by atoms with Gasteiger partial charge in [0, 0.05) is 5.39 Å². The molecule has 0 aliphatic heterocycles. The van der Waals surface area contributed by atoms with E-state index in [1.807, 2.05) is 6.07 Å².